The van der Waals surface area contributed by atoms with Crippen molar-refractivity contribution in [2.24, 2.45) is 0 Å². The molecule has 0 atom stereocenters. The zero-order chi connectivity index (χ0) is 25.6. The summed E-state index contributed by atoms with van der Waals surface area (Å²) in [6.45, 7) is 8.36. The van der Waals surface area contributed by atoms with Gasteiger partial charge in [0.2, 0.25) is 0 Å². The highest BCUT2D eigenvalue weighted by Gasteiger charge is 2.13. The van der Waals surface area contributed by atoms with Gasteiger partial charge in [-0.05, 0) is 88.6 Å². The molecule has 0 bridgehead atoms. The molecule has 0 heteroatoms. The Labute approximate surface area is 222 Å². The van der Waals surface area contributed by atoms with Crippen LogP contribution in [0.15, 0.2) is 134 Å². The van der Waals surface area contributed by atoms with Gasteiger partial charge in [-0.1, -0.05) is 135 Å². The molecule has 0 aliphatic heterocycles. The molecule has 0 amide bonds. The Morgan fingerprint density at radius 1 is 0.395 bits per heavy atom. The minimum Gasteiger partial charge on any atom is -0.0984 e. The van der Waals surface area contributed by atoms with Crippen molar-refractivity contribution in [2.75, 3.05) is 0 Å². The second-order valence-electron chi connectivity index (χ2n) is 9.82. The minimum atomic E-state index is 1.19. The van der Waals surface area contributed by atoms with E-state index in [0.717, 1.165) is 0 Å². The quantitative estimate of drug-likeness (QED) is 0.219. The first-order valence-electron chi connectivity index (χ1n) is 13.0. The van der Waals surface area contributed by atoms with E-state index >= 15 is 0 Å². The third-order valence-corrected chi connectivity index (χ3v) is 7.77. The molecule has 7 aromatic carbocycles. The van der Waals surface area contributed by atoms with Crippen molar-refractivity contribution in [1.29, 1.82) is 0 Å². The molecule has 0 aromatic heterocycles. The Morgan fingerprint density at radius 2 is 0.789 bits per heavy atom. The third kappa shape index (κ3) is 3.38. The molecule has 0 aliphatic carbocycles. The molecule has 0 nitrogen and oxygen atoms in total. The molecule has 0 fully saturated rings. The molecular weight excluding hydrogens is 456 g/mol. The normalized spacial score (nSPS) is 11.4. The van der Waals surface area contributed by atoms with E-state index in [1.54, 1.807) is 0 Å². The summed E-state index contributed by atoms with van der Waals surface area (Å²) in [4.78, 5) is 0. The molecule has 38 heavy (non-hydrogen) atoms. The van der Waals surface area contributed by atoms with Gasteiger partial charge in [0.05, 0.1) is 0 Å². The van der Waals surface area contributed by atoms with Crippen LogP contribution in [0, 0.1) is 0 Å². The number of hydrogen-bond donors (Lipinski definition) is 0. The maximum Gasteiger partial charge on any atom is -0.00266 e. The molecule has 0 saturated carbocycles. The fraction of sp³-hybridized carbons (Fsp3) is 0. The zero-order valence-corrected chi connectivity index (χ0v) is 21.1. The molecule has 0 unspecified atom stereocenters. The Morgan fingerprint density at radius 3 is 1.21 bits per heavy atom. The Bertz CT molecular complexity index is 1890. The summed E-state index contributed by atoms with van der Waals surface area (Å²) in [6.07, 6.45) is 4.00. The van der Waals surface area contributed by atoms with Crippen molar-refractivity contribution >= 4 is 55.2 Å². The lowest BCUT2D eigenvalue weighted by molar-refractivity contribution is 1.62. The van der Waals surface area contributed by atoms with Gasteiger partial charge in [-0.15, -0.1) is 0 Å². The highest BCUT2D eigenvalue weighted by atomic mass is 14.2. The van der Waals surface area contributed by atoms with Crippen LogP contribution in [0.5, 0.6) is 0 Å². The second kappa shape index (κ2) is 8.87. The SMILES string of the molecule is C=Cc1c2ccccc2cc2cccc(-c3ccc(-c4cccc5cc6ccccc6c(C=C)c45)cc3)c12. The minimum absolute atomic E-state index is 1.19. The standard InChI is InChI=1S/C38H26/c1-3-31-33-15-7-5-11-27(33)23-29-13-9-17-35(37(29)31)25-19-21-26(22-20-25)36-18-10-14-30-24-28-12-6-8-16-34(28)32(4-2)38(30)36/h3-24H,1-2H2. The molecule has 0 aliphatic rings. The van der Waals surface area contributed by atoms with Gasteiger partial charge in [0.25, 0.3) is 0 Å². The van der Waals surface area contributed by atoms with Crippen LogP contribution in [-0.4, -0.2) is 0 Å². The molecule has 7 aromatic rings. The van der Waals surface area contributed by atoms with Gasteiger partial charge in [0, 0.05) is 0 Å². The Kier molecular flexibility index (Phi) is 5.20. The molecule has 178 valence electrons. The summed E-state index contributed by atoms with van der Waals surface area (Å²) in [6, 6.07) is 43.8. The van der Waals surface area contributed by atoms with Gasteiger partial charge in [-0.25, -0.2) is 0 Å². The van der Waals surface area contributed by atoms with Crippen molar-refractivity contribution in [1.82, 2.24) is 0 Å². The summed E-state index contributed by atoms with van der Waals surface area (Å²) in [5.74, 6) is 0. The van der Waals surface area contributed by atoms with E-state index < -0.39 is 0 Å². The first-order valence-corrected chi connectivity index (χ1v) is 13.0. The van der Waals surface area contributed by atoms with Crippen LogP contribution in [0.3, 0.4) is 0 Å². The summed E-state index contributed by atoms with van der Waals surface area (Å²) >= 11 is 0. The maximum atomic E-state index is 4.18. The van der Waals surface area contributed by atoms with E-state index in [1.807, 2.05) is 12.2 Å². The number of fused-ring (bicyclic) bond motifs is 4. The van der Waals surface area contributed by atoms with E-state index in [9.17, 15) is 0 Å². The van der Waals surface area contributed by atoms with Gasteiger partial charge < -0.3 is 0 Å². The molecular formula is C38H26. The van der Waals surface area contributed by atoms with Crippen LogP contribution < -0.4 is 0 Å². The zero-order valence-electron chi connectivity index (χ0n) is 21.1. The molecule has 0 heterocycles. The molecule has 7 rings (SSSR count). The summed E-state index contributed by atoms with van der Waals surface area (Å²) < 4.78 is 0. The topological polar surface area (TPSA) is 0 Å². The molecule has 0 spiro atoms. The molecule has 0 N–H and O–H groups in total. The fourth-order valence-electron chi connectivity index (χ4n) is 6.06. The highest BCUT2D eigenvalue weighted by Crippen LogP contribution is 2.39. The van der Waals surface area contributed by atoms with Crippen molar-refractivity contribution in [3.63, 3.8) is 0 Å². The van der Waals surface area contributed by atoms with Crippen molar-refractivity contribution < 1.29 is 0 Å². The van der Waals surface area contributed by atoms with Crippen molar-refractivity contribution in [2.45, 2.75) is 0 Å². The smallest absolute Gasteiger partial charge is 0.00266 e. The van der Waals surface area contributed by atoms with Crippen LogP contribution in [0.25, 0.3) is 77.5 Å². The van der Waals surface area contributed by atoms with Crippen LogP contribution in [-0.2, 0) is 0 Å². The largest absolute Gasteiger partial charge is 0.0984 e. The van der Waals surface area contributed by atoms with Crippen molar-refractivity contribution in [3.05, 3.63) is 146 Å². The lowest BCUT2D eigenvalue weighted by Crippen LogP contribution is -1.89. The first-order chi connectivity index (χ1) is 18.8. The van der Waals surface area contributed by atoms with Crippen LogP contribution in [0.2, 0.25) is 0 Å². The van der Waals surface area contributed by atoms with Gasteiger partial charge in [-0.2, -0.15) is 0 Å². The predicted octanol–water partition coefficient (Wildman–Crippen LogP) is 10.9. The monoisotopic (exact) mass is 482 g/mol. The third-order valence-electron chi connectivity index (χ3n) is 7.77. The van der Waals surface area contributed by atoms with Gasteiger partial charge in [0.15, 0.2) is 0 Å². The average Bonchev–Trinajstić information content (AvgIpc) is 2.98. The van der Waals surface area contributed by atoms with Crippen LogP contribution in [0.4, 0.5) is 0 Å². The number of rotatable bonds is 4. The molecule has 0 saturated heterocycles. The van der Waals surface area contributed by atoms with Crippen LogP contribution in [0.1, 0.15) is 11.1 Å². The second-order valence-corrected chi connectivity index (χ2v) is 9.82. The fourth-order valence-corrected chi connectivity index (χ4v) is 6.06. The number of hydrogen-bond acceptors (Lipinski definition) is 0. The van der Waals surface area contributed by atoms with E-state index in [2.05, 4.69) is 134 Å². The van der Waals surface area contributed by atoms with E-state index in [0.29, 0.717) is 0 Å². The van der Waals surface area contributed by atoms with Gasteiger partial charge in [-0.3, -0.25) is 0 Å². The lowest BCUT2D eigenvalue weighted by atomic mass is 9.88. The van der Waals surface area contributed by atoms with E-state index in [1.165, 1.54) is 76.5 Å². The van der Waals surface area contributed by atoms with E-state index in [-0.39, 0.29) is 0 Å². The number of benzene rings is 7. The Hall–Kier alpha value is -4.94. The highest BCUT2D eigenvalue weighted by molar-refractivity contribution is 6.13. The van der Waals surface area contributed by atoms with Crippen LogP contribution >= 0.6 is 0 Å². The summed E-state index contributed by atoms with van der Waals surface area (Å²) in [7, 11) is 0. The summed E-state index contributed by atoms with van der Waals surface area (Å²) in [5.41, 5.74) is 7.24. The lowest BCUT2D eigenvalue weighted by Gasteiger charge is -2.15. The summed E-state index contributed by atoms with van der Waals surface area (Å²) in [5, 5.41) is 9.92. The van der Waals surface area contributed by atoms with Crippen molar-refractivity contribution in [3.8, 4) is 22.3 Å². The predicted molar refractivity (Wildman–Crippen MR) is 168 cm³/mol. The first kappa shape index (κ1) is 22.3. The maximum absolute atomic E-state index is 4.18. The van der Waals surface area contributed by atoms with E-state index in [4.69, 9.17) is 0 Å². The average molecular weight is 483 g/mol. The Balaban J connectivity index is 1.42. The van der Waals surface area contributed by atoms with Gasteiger partial charge >= 0.3 is 0 Å². The molecule has 0 radical (unpaired) electrons. The van der Waals surface area contributed by atoms with Gasteiger partial charge in [0.1, 0.15) is 0 Å².